The lowest BCUT2D eigenvalue weighted by Crippen LogP contribution is -2.13. The van der Waals surface area contributed by atoms with Crippen molar-refractivity contribution in [3.63, 3.8) is 0 Å². The van der Waals surface area contributed by atoms with Crippen molar-refractivity contribution in [2.75, 3.05) is 5.32 Å². The van der Waals surface area contributed by atoms with Crippen LogP contribution in [0.3, 0.4) is 0 Å². The normalized spacial score (nSPS) is 10.7. The van der Waals surface area contributed by atoms with E-state index in [0.717, 1.165) is 25.9 Å². The van der Waals surface area contributed by atoms with Gasteiger partial charge in [-0.05, 0) is 54.1 Å². The molecule has 0 fully saturated rings. The van der Waals surface area contributed by atoms with Crippen LogP contribution in [0.2, 0.25) is 0 Å². The number of aliphatic imine (C=N–C) groups is 1. The maximum atomic E-state index is 9.04. The molecule has 0 saturated heterocycles. The van der Waals surface area contributed by atoms with Gasteiger partial charge in [0.05, 0.1) is 11.3 Å². The highest BCUT2D eigenvalue weighted by molar-refractivity contribution is 9.10. The summed E-state index contributed by atoms with van der Waals surface area (Å²) in [6, 6.07) is 24.6. The number of amidine groups is 1. The van der Waals surface area contributed by atoms with Gasteiger partial charge in [-0.15, -0.1) is 0 Å². The lowest BCUT2D eigenvalue weighted by molar-refractivity contribution is 1.45. The van der Waals surface area contributed by atoms with E-state index in [0.29, 0.717) is 11.4 Å². The van der Waals surface area contributed by atoms with E-state index in [2.05, 4.69) is 37.2 Å². The van der Waals surface area contributed by atoms with Crippen molar-refractivity contribution < 1.29 is 0 Å². The third-order valence-electron chi connectivity index (χ3n) is 3.85. The van der Waals surface area contributed by atoms with Crippen molar-refractivity contribution in [1.29, 1.82) is 5.26 Å². The summed E-state index contributed by atoms with van der Waals surface area (Å²) < 4.78 is 1.97. The predicted molar refractivity (Wildman–Crippen MR) is 122 cm³/mol. The molecule has 0 bridgehead atoms. The Kier molecular flexibility index (Phi) is 6.57. The molecule has 0 aliphatic carbocycles. The maximum Gasteiger partial charge on any atom is 0.138 e. The molecule has 0 spiro atoms. The van der Waals surface area contributed by atoms with Gasteiger partial charge < -0.3 is 10.7 Å². The quantitative estimate of drug-likeness (QED) is 0.255. The minimum atomic E-state index is 0.0822. The minimum absolute atomic E-state index is 0.0822. The molecular formula is C22H13Br2N4-. The number of halogens is 2. The number of nitrogens with zero attached hydrogens (tertiary/aromatic N) is 3. The number of hydrogen-bond donors (Lipinski definition) is 1. The maximum absolute atomic E-state index is 9.04. The second-order valence-corrected chi connectivity index (χ2v) is 7.58. The van der Waals surface area contributed by atoms with Gasteiger partial charge in [0.1, 0.15) is 11.9 Å². The zero-order valence-electron chi connectivity index (χ0n) is 14.5. The van der Waals surface area contributed by atoms with Gasteiger partial charge in [-0.2, -0.15) is 5.26 Å². The largest absolute Gasteiger partial charge is 0.762 e. The molecule has 0 aliphatic rings. The van der Waals surface area contributed by atoms with Gasteiger partial charge in [-0.1, -0.05) is 56.1 Å². The van der Waals surface area contributed by atoms with Crippen LogP contribution < -0.4 is 5.32 Å². The minimum Gasteiger partial charge on any atom is -0.762 e. The highest BCUT2D eigenvalue weighted by Crippen LogP contribution is 2.21. The Morgan fingerprint density at radius 1 is 0.821 bits per heavy atom. The molecule has 0 unspecified atom stereocenters. The van der Waals surface area contributed by atoms with E-state index >= 15 is 0 Å². The van der Waals surface area contributed by atoms with Gasteiger partial charge in [0.25, 0.3) is 0 Å². The van der Waals surface area contributed by atoms with Gasteiger partial charge in [-0.3, -0.25) is 0 Å². The van der Waals surface area contributed by atoms with Gasteiger partial charge >= 0.3 is 0 Å². The second-order valence-electron chi connectivity index (χ2n) is 5.74. The molecule has 0 saturated carbocycles. The molecule has 0 amide bonds. The zero-order valence-corrected chi connectivity index (χ0v) is 17.7. The van der Waals surface area contributed by atoms with Gasteiger partial charge in [0.2, 0.25) is 0 Å². The van der Waals surface area contributed by atoms with Gasteiger partial charge in [0.15, 0.2) is 0 Å². The number of allylic oxidation sites excluding steroid dienone is 1. The number of anilines is 1. The van der Waals surface area contributed by atoms with Crippen LogP contribution in [0.1, 0.15) is 11.1 Å². The lowest BCUT2D eigenvalue weighted by Gasteiger charge is -2.12. The zero-order chi connectivity index (χ0) is 19.9. The number of hydrogen-bond acceptors (Lipinski definition) is 2. The van der Waals surface area contributed by atoms with Crippen LogP contribution in [-0.4, -0.2) is 11.7 Å². The summed E-state index contributed by atoms with van der Waals surface area (Å²) in [6.07, 6.45) is 0. The number of nitrogens with one attached hydrogen (secondary N) is 1. The molecule has 3 rings (SSSR count). The SMILES string of the molecule is N#CC(=C=[N-])c1ccc(C(=Nc2ccc(Br)cc2)Nc2ccc(Br)cc2)cc1. The Labute approximate surface area is 180 Å². The summed E-state index contributed by atoms with van der Waals surface area (Å²) in [5, 5.41) is 21.4. The third-order valence-corrected chi connectivity index (χ3v) is 4.90. The van der Waals surface area contributed by atoms with Crippen LogP contribution >= 0.6 is 31.9 Å². The molecule has 3 aromatic rings. The molecule has 4 nitrogen and oxygen atoms in total. The van der Waals surface area contributed by atoms with Crippen LogP contribution in [0, 0.1) is 11.3 Å². The summed E-state index contributed by atoms with van der Waals surface area (Å²) >= 11 is 6.86. The van der Waals surface area contributed by atoms with Crippen LogP contribution in [0.5, 0.6) is 0 Å². The second kappa shape index (κ2) is 9.29. The molecule has 1 N–H and O–H groups in total. The van der Waals surface area contributed by atoms with Crippen molar-refractivity contribution in [2.24, 2.45) is 4.99 Å². The average Bonchev–Trinajstić information content (AvgIpc) is 2.72. The number of benzene rings is 3. The van der Waals surface area contributed by atoms with Crippen molar-refractivity contribution in [2.45, 2.75) is 0 Å². The fraction of sp³-hybridized carbons (Fsp3) is 0. The fourth-order valence-corrected chi connectivity index (χ4v) is 2.96. The highest BCUT2D eigenvalue weighted by atomic mass is 79.9. The van der Waals surface area contributed by atoms with E-state index in [-0.39, 0.29) is 5.57 Å². The van der Waals surface area contributed by atoms with Crippen LogP contribution in [-0.2, 0) is 0 Å². The van der Waals surface area contributed by atoms with Crippen molar-refractivity contribution in [3.8, 4) is 6.07 Å². The van der Waals surface area contributed by atoms with Gasteiger partial charge in [-0.25, -0.2) is 10.9 Å². The molecule has 0 aromatic heterocycles. The Balaban J connectivity index is 2.00. The summed E-state index contributed by atoms with van der Waals surface area (Å²) in [4.78, 5) is 4.74. The van der Waals surface area contributed by atoms with E-state index in [9.17, 15) is 0 Å². The first-order valence-corrected chi connectivity index (χ1v) is 9.82. The standard InChI is InChI=1S/C22H13Br2N4/c23-18-5-9-20(10-6-18)27-22(28-21-11-7-19(24)8-12-21)16-3-1-15(2-4-16)17(13-25)14-26/h1-12H,(H,27,28)/q-1. The fourth-order valence-electron chi connectivity index (χ4n) is 2.43. The molecule has 136 valence electrons. The molecule has 0 heterocycles. The Hall–Kier alpha value is -2.97. The smallest absolute Gasteiger partial charge is 0.138 e. The van der Waals surface area contributed by atoms with Crippen molar-refractivity contribution in [3.05, 3.63) is 98.3 Å². The Morgan fingerprint density at radius 3 is 1.89 bits per heavy atom. The molecule has 0 aliphatic heterocycles. The monoisotopic (exact) mass is 491 g/mol. The predicted octanol–water partition coefficient (Wildman–Crippen LogP) is 6.55. The molecule has 28 heavy (non-hydrogen) atoms. The summed E-state index contributed by atoms with van der Waals surface area (Å²) in [6.45, 7) is 0. The molecular weight excluding hydrogens is 480 g/mol. The summed E-state index contributed by atoms with van der Waals surface area (Å²) in [7, 11) is 0. The molecule has 0 atom stereocenters. The summed E-state index contributed by atoms with van der Waals surface area (Å²) in [5.41, 5.74) is 3.20. The first-order chi connectivity index (χ1) is 13.6. The topological polar surface area (TPSA) is 70.5 Å². The Bertz CT molecular complexity index is 1090. The van der Waals surface area contributed by atoms with Gasteiger partial charge in [0, 0.05) is 20.2 Å². The van der Waals surface area contributed by atoms with E-state index in [4.69, 9.17) is 15.7 Å². The van der Waals surface area contributed by atoms with Crippen LogP contribution in [0.4, 0.5) is 11.4 Å². The van der Waals surface area contributed by atoms with E-state index in [1.807, 2.05) is 72.6 Å². The first-order valence-electron chi connectivity index (χ1n) is 8.24. The lowest BCUT2D eigenvalue weighted by atomic mass is 10.1. The van der Waals surface area contributed by atoms with Crippen LogP contribution in [0.25, 0.3) is 11.0 Å². The molecule has 3 aromatic carbocycles. The van der Waals surface area contributed by atoms with E-state index < -0.39 is 0 Å². The third kappa shape index (κ3) is 5.05. The van der Waals surface area contributed by atoms with Crippen molar-refractivity contribution >= 4 is 60.5 Å². The van der Waals surface area contributed by atoms with Crippen LogP contribution in [0.15, 0.2) is 86.7 Å². The Morgan fingerprint density at radius 2 is 1.36 bits per heavy atom. The first kappa shape index (κ1) is 19.8. The molecule has 0 radical (unpaired) electrons. The molecule has 6 heteroatoms. The summed E-state index contributed by atoms with van der Waals surface area (Å²) in [5.74, 6) is 2.57. The number of nitriles is 1. The van der Waals surface area contributed by atoms with E-state index in [1.165, 1.54) is 0 Å². The highest BCUT2D eigenvalue weighted by Gasteiger charge is 2.07. The van der Waals surface area contributed by atoms with Crippen molar-refractivity contribution in [1.82, 2.24) is 0 Å². The number of rotatable bonds is 4. The van der Waals surface area contributed by atoms with E-state index in [1.54, 1.807) is 12.1 Å². The average molecular weight is 493 g/mol.